The number of rotatable bonds is 7. The fourth-order valence-corrected chi connectivity index (χ4v) is 4.48. The van der Waals surface area contributed by atoms with Crippen molar-refractivity contribution in [3.63, 3.8) is 0 Å². The number of carbonyl (C=O) groups excluding carboxylic acids is 1. The number of carboxylic acid groups (broad SMARTS) is 1. The van der Waals surface area contributed by atoms with Crippen molar-refractivity contribution in [1.29, 1.82) is 0 Å². The summed E-state index contributed by atoms with van der Waals surface area (Å²) in [6.07, 6.45) is 10.1. The lowest BCUT2D eigenvalue weighted by atomic mass is 9.85. The van der Waals surface area contributed by atoms with E-state index in [0.29, 0.717) is 12.6 Å². The van der Waals surface area contributed by atoms with E-state index >= 15 is 0 Å². The SMILES string of the molecule is CN1CCC[C@H]1c1cncc(CCCNC(=O)[C@H]2CC[C@H](NC(=O)O)CC2)c1. The molecule has 7 nitrogen and oxygen atoms in total. The van der Waals surface area contributed by atoms with Crippen LogP contribution in [-0.4, -0.2) is 53.2 Å². The van der Waals surface area contributed by atoms with Gasteiger partial charge in [0.25, 0.3) is 0 Å². The van der Waals surface area contributed by atoms with Crippen molar-refractivity contribution in [1.82, 2.24) is 20.5 Å². The molecule has 1 saturated heterocycles. The lowest BCUT2D eigenvalue weighted by Crippen LogP contribution is -2.40. The highest BCUT2D eigenvalue weighted by atomic mass is 16.4. The van der Waals surface area contributed by atoms with Gasteiger partial charge in [-0.05, 0) is 76.1 Å². The molecule has 2 amide bonds. The molecule has 3 N–H and O–H groups in total. The molecule has 3 rings (SSSR count). The molecule has 2 fully saturated rings. The van der Waals surface area contributed by atoms with Crippen LogP contribution in [0.25, 0.3) is 0 Å². The van der Waals surface area contributed by atoms with Gasteiger partial charge in [0.2, 0.25) is 5.91 Å². The van der Waals surface area contributed by atoms with Crippen LogP contribution in [0.4, 0.5) is 4.79 Å². The van der Waals surface area contributed by atoms with Gasteiger partial charge in [0.1, 0.15) is 0 Å². The van der Waals surface area contributed by atoms with Gasteiger partial charge in [-0.15, -0.1) is 0 Å². The highest BCUT2D eigenvalue weighted by Gasteiger charge is 2.27. The maximum absolute atomic E-state index is 12.3. The number of amides is 2. The second-order valence-electron chi connectivity index (χ2n) is 8.16. The Morgan fingerprint density at radius 2 is 2.00 bits per heavy atom. The Kier molecular flexibility index (Phi) is 7.25. The molecule has 1 aliphatic heterocycles. The first-order valence-electron chi connectivity index (χ1n) is 10.4. The van der Waals surface area contributed by atoms with E-state index in [1.807, 2.05) is 12.4 Å². The van der Waals surface area contributed by atoms with Crippen LogP contribution in [0.2, 0.25) is 0 Å². The lowest BCUT2D eigenvalue weighted by Gasteiger charge is -2.27. The van der Waals surface area contributed by atoms with Crippen LogP contribution in [0.15, 0.2) is 18.5 Å². The summed E-state index contributed by atoms with van der Waals surface area (Å²) in [5.41, 5.74) is 2.53. The van der Waals surface area contributed by atoms with Crippen molar-refractivity contribution in [2.24, 2.45) is 5.92 Å². The third-order valence-corrected chi connectivity index (χ3v) is 6.09. The van der Waals surface area contributed by atoms with Crippen molar-refractivity contribution in [3.05, 3.63) is 29.6 Å². The number of hydrogen-bond donors (Lipinski definition) is 3. The number of nitrogens with zero attached hydrogens (tertiary/aromatic N) is 2. The van der Waals surface area contributed by atoms with E-state index < -0.39 is 6.09 Å². The van der Waals surface area contributed by atoms with Crippen molar-refractivity contribution >= 4 is 12.0 Å². The summed E-state index contributed by atoms with van der Waals surface area (Å²) in [4.78, 5) is 29.8. The maximum atomic E-state index is 12.3. The van der Waals surface area contributed by atoms with E-state index in [2.05, 4.69) is 33.6 Å². The van der Waals surface area contributed by atoms with Crippen LogP contribution < -0.4 is 10.6 Å². The van der Waals surface area contributed by atoms with Crippen LogP contribution in [0.3, 0.4) is 0 Å². The quantitative estimate of drug-likeness (QED) is 0.625. The third kappa shape index (κ3) is 5.67. The van der Waals surface area contributed by atoms with E-state index in [4.69, 9.17) is 5.11 Å². The molecule has 0 spiro atoms. The number of nitrogens with one attached hydrogen (secondary N) is 2. The predicted molar refractivity (Wildman–Crippen MR) is 107 cm³/mol. The van der Waals surface area contributed by atoms with E-state index in [1.54, 1.807) is 0 Å². The summed E-state index contributed by atoms with van der Waals surface area (Å²) in [6.45, 7) is 1.81. The number of hydrogen-bond acceptors (Lipinski definition) is 4. The molecule has 1 aliphatic carbocycles. The summed E-state index contributed by atoms with van der Waals surface area (Å²) < 4.78 is 0. The molecule has 0 unspecified atom stereocenters. The average molecular weight is 389 g/mol. The Morgan fingerprint density at radius 3 is 2.68 bits per heavy atom. The molecule has 2 heterocycles. The Balaban J connectivity index is 1.37. The molecule has 28 heavy (non-hydrogen) atoms. The highest BCUT2D eigenvalue weighted by Crippen LogP contribution is 2.30. The summed E-state index contributed by atoms with van der Waals surface area (Å²) in [7, 11) is 2.17. The minimum atomic E-state index is -0.981. The molecule has 1 saturated carbocycles. The molecule has 1 aromatic heterocycles. The first kappa shape index (κ1) is 20.6. The fourth-order valence-electron chi connectivity index (χ4n) is 4.48. The molecule has 154 valence electrons. The van der Waals surface area contributed by atoms with Gasteiger partial charge in [0.05, 0.1) is 0 Å². The standard InChI is InChI=1S/C21H32N4O3/c1-25-11-3-5-19(25)17-12-15(13-22-14-17)4-2-10-23-20(26)16-6-8-18(9-7-16)24-21(27)28/h12-14,16,18-19,24H,2-11H2,1H3,(H,23,26)(H,27,28)/t16-,18-,19-/m0/s1. The van der Waals surface area contributed by atoms with Gasteiger partial charge in [0.15, 0.2) is 0 Å². The van der Waals surface area contributed by atoms with Crippen molar-refractivity contribution in [3.8, 4) is 0 Å². The molecule has 0 radical (unpaired) electrons. The minimum absolute atomic E-state index is 0.00902. The largest absolute Gasteiger partial charge is 0.465 e. The molecule has 2 aliphatic rings. The maximum Gasteiger partial charge on any atom is 0.404 e. The van der Waals surface area contributed by atoms with Crippen LogP contribution in [0.1, 0.15) is 62.1 Å². The van der Waals surface area contributed by atoms with Gasteiger partial charge in [-0.1, -0.05) is 6.07 Å². The second-order valence-corrected chi connectivity index (χ2v) is 8.16. The normalized spacial score (nSPS) is 25.4. The molecule has 0 bridgehead atoms. The number of aryl methyl sites for hydroxylation is 1. The van der Waals surface area contributed by atoms with Crippen LogP contribution in [0, 0.1) is 5.92 Å². The number of pyridine rings is 1. The van der Waals surface area contributed by atoms with E-state index in [0.717, 1.165) is 45.1 Å². The Hall–Kier alpha value is -2.15. The van der Waals surface area contributed by atoms with Gasteiger partial charge < -0.3 is 15.7 Å². The highest BCUT2D eigenvalue weighted by molar-refractivity contribution is 5.78. The van der Waals surface area contributed by atoms with Crippen molar-refractivity contribution < 1.29 is 14.7 Å². The zero-order chi connectivity index (χ0) is 19.9. The smallest absolute Gasteiger partial charge is 0.404 e. The van der Waals surface area contributed by atoms with Crippen LogP contribution in [-0.2, 0) is 11.2 Å². The summed E-state index contributed by atoms with van der Waals surface area (Å²) in [5.74, 6) is 0.114. The average Bonchev–Trinajstić information content (AvgIpc) is 3.11. The zero-order valence-electron chi connectivity index (χ0n) is 16.7. The van der Waals surface area contributed by atoms with Crippen molar-refractivity contribution in [2.75, 3.05) is 20.1 Å². The van der Waals surface area contributed by atoms with Gasteiger partial charge >= 0.3 is 6.09 Å². The first-order valence-corrected chi connectivity index (χ1v) is 10.4. The first-order chi connectivity index (χ1) is 13.5. The topological polar surface area (TPSA) is 94.6 Å². The molecule has 1 atom stereocenters. The van der Waals surface area contributed by atoms with Gasteiger partial charge in [0, 0.05) is 36.9 Å². The van der Waals surface area contributed by atoms with E-state index in [1.165, 1.54) is 24.0 Å². The van der Waals surface area contributed by atoms with E-state index in [9.17, 15) is 9.59 Å². The van der Waals surface area contributed by atoms with E-state index in [-0.39, 0.29) is 17.9 Å². The third-order valence-electron chi connectivity index (χ3n) is 6.09. The minimum Gasteiger partial charge on any atom is -0.465 e. The van der Waals surface area contributed by atoms with Crippen LogP contribution in [0.5, 0.6) is 0 Å². The number of likely N-dealkylation sites (tertiary alicyclic amines) is 1. The lowest BCUT2D eigenvalue weighted by molar-refractivity contribution is -0.126. The molecule has 0 aromatic carbocycles. The molecular formula is C21H32N4O3. The Labute approximate surface area is 166 Å². The fraction of sp³-hybridized carbons (Fsp3) is 0.667. The molecule has 7 heteroatoms. The molecule has 1 aromatic rings. The van der Waals surface area contributed by atoms with Gasteiger partial charge in [-0.3, -0.25) is 14.7 Å². The van der Waals surface area contributed by atoms with Crippen LogP contribution >= 0.6 is 0 Å². The zero-order valence-corrected chi connectivity index (χ0v) is 16.7. The summed E-state index contributed by atoms with van der Waals surface area (Å²) in [5, 5.41) is 14.3. The number of carbonyl (C=O) groups is 2. The number of aromatic nitrogens is 1. The van der Waals surface area contributed by atoms with Gasteiger partial charge in [-0.25, -0.2) is 4.79 Å². The van der Waals surface area contributed by atoms with Crippen molar-refractivity contribution in [2.45, 2.75) is 63.5 Å². The van der Waals surface area contributed by atoms with Gasteiger partial charge in [-0.2, -0.15) is 0 Å². The summed E-state index contributed by atoms with van der Waals surface area (Å²) in [6, 6.07) is 2.73. The summed E-state index contributed by atoms with van der Waals surface area (Å²) >= 11 is 0. The predicted octanol–water partition coefficient (Wildman–Crippen LogP) is 2.72. The Morgan fingerprint density at radius 1 is 1.21 bits per heavy atom. The second kappa shape index (κ2) is 9.87. The molecular weight excluding hydrogens is 356 g/mol. The monoisotopic (exact) mass is 388 g/mol. The Bertz CT molecular complexity index is 673.